The van der Waals surface area contributed by atoms with Gasteiger partial charge in [0, 0.05) is 43.3 Å². The van der Waals surface area contributed by atoms with Gasteiger partial charge in [-0.1, -0.05) is 23.7 Å². The lowest BCUT2D eigenvalue weighted by molar-refractivity contribution is -0.136. The molecule has 5 aromatic rings. The summed E-state index contributed by atoms with van der Waals surface area (Å²) >= 11 is 5.83. The molecule has 0 amide bonds. The number of hydrogen-bond acceptors (Lipinski definition) is 7. The molecule has 0 aliphatic carbocycles. The van der Waals surface area contributed by atoms with E-state index >= 15 is 0 Å². The minimum Gasteiger partial charge on any atom is -0.484 e. The van der Waals surface area contributed by atoms with Crippen LogP contribution in [-0.4, -0.2) is 59.3 Å². The molecule has 1 N–H and O–H groups in total. The maximum absolute atomic E-state index is 14.1. The molecule has 12 heteroatoms. The molecule has 46 heavy (non-hydrogen) atoms. The summed E-state index contributed by atoms with van der Waals surface area (Å²) < 4.78 is 30.3. The maximum Gasteiger partial charge on any atom is 0.303 e. The summed E-state index contributed by atoms with van der Waals surface area (Å²) in [6.45, 7) is 6.00. The van der Waals surface area contributed by atoms with Crippen molar-refractivity contribution in [3.05, 3.63) is 101 Å². The Morgan fingerprint density at radius 1 is 1.09 bits per heavy atom. The number of carboxylic acids is 1. The van der Waals surface area contributed by atoms with Gasteiger partial charge in [-0.2, -0.15) is 0 Å². The van der Waals surface area contributed by atoms with Crippen molar-refractivity contribution in [2.75, 3.05) is 13.1 Å². The number of likely N-dealkylation sites (tertiary alicyclic amines) is 1. The van der Waals surface area contributed by atoms with Crippen molar-refractivity contribution >= 4 is 28.6 Å². The Morgan fingerprint density at radius 2 is 1.93 bits per heavy atom. The highest BCUT2D eigenvalue weighted by molar-refractivity contribution is 6.30. The van der Waals surface area contributed by atoms with Crippen LogP contribution in [0.15, 0.2) is 67.1 Å². The van der Waals surface area contributed by atoms with Crippen LogP contribution in [0.3, 0.4) is 0 Å². The summed E-state index contributed by atoms with van der Waals surface area (Å²) in [6.07, 6.45) is 5.97. The Kier molecular flexibility index (Phi) is 9.79. The molecule has 4 heterocycles. The number of benzene rings is 2. The van der Waals surface area contributed by atoms with Crippen LogP contribution in [0.5, 0.6) is 11.6 Å². The molecular formula is C34H36ClFN6O4. The molecule has 0 atom stereocenters. The SMILES string of the molecule is CCn1cncc1Cn1c(CN2CCC(Oc3cccc(COc4ccc(Cl)cc4F)n3)CC2)nc2ccc(CCC(=O)O)cc21. The van der Waals surface area contributed by atoms with Gasteiger partial charge in [0.2, 0.25) is 5.88 Å². The lowest BCUT2D eigenvalue weighted by Gasteiger charge is -2.31. The van der Waals surface area contributed by atoms with Gasteiger partial charge in [-0.05, 0) is 68.1 Å². The first-order valence-electron chi connectivity index (χ1n) is 15.5. The smallest absolute Gasteiger partial charge is 0.303 e. The van der Waals surface area contributed by atoms with Crippen LogP contribution in [0.2, 0.25) is 5.02 Å². The molecular weight excluding hydrogens is 611 g/mol. The average molecular weight is 647 g/mol. The number of fused-ring (bicyclic) bond motifs is 1. The molecule has 0 saturated carbocycles. The van der Waals surface area contributed by atoms with Crippen LogP contribution in [-0.2, 0) is 37.5 Å². The van der Waals surface area contributed by atoms with Crippen molar-refractivity contribution in [1.82, 2.24) is 29.0 Å². The number of aromatic nitrogens is 5. The molecule has 6 rings (SSSR count). The van der Waals surface area contributed by atoms with Gasteiger partial charge >= 0.3 is 5.97 Å². The topological polar surface area (TPSA) is 108 Å². The number of pyridine rings is 1. The van der Waals surface area contributed by atoms with Gasteiger partial charge < -0.3 is 23.7 Å². The van der Waals surface area contributed by atoms with Gasteiger partial charge in [0.1, 0.15) is 18.5 Å². The van der Waals surface area contributed by atoms with Crippen LogP contribution in [0.25, 0.3) is 11.0 Å². The highest BCUT2D eigenvalue weighted by atomic mass is 35.5. The van der Waals surface area contributed by atoms with Gasteiger partial charge in [-0.25, -0.2) is 19.3 Å². The second-order valence-corrected chi connectivity index (χ2v) is 11.9. The van der Waals surface area contributed by atoms with Crippen molar-refractivity contribution in [2.24, 2.45) is 0 Å². The Balaban J connectivity index is 1.10. The van der Waals surface area contributed by atoms with E-state index in [0.717, 1.165) is 60.6 Å². The molecule has 1 aliphatic rings. The maximum atomic E-state index is 14.1. The monoisotopic (exact) mass is 646 g/mol. The highest BCUT2D eigenvalue weighted by Gasteiger charge is 2.24. The summed E-state index contributed by atoms with van der Waals surface area (Å²) in [7, 11) is 0. The third-order valence-electron chi connectivity index (χ3n) is 8.22. The van der Waals surface area contributed by atoms with Gasteiger partial charge in [0.05, 0.1) is 41.8 Å². The number of ether oxygens (including phenoxy) is 2. The molecule has 0 unspecified atom stereocenters. The number of halogens is 2. The minimum atomic E-state index is -0.808. The highest BCUT2D eigenvalue weighted by Crippen LogP contribution is 2.25. The van der Waals surface area contributed by atoms with Crippen molar-refractivity contribution in [1.29, 1.82) is 0 Å². The first-order valence-corrected chi connectivity index (χ1v) is 15.8. The van der Waals surface area contributed by atoms with Gasteiger partial charge in [0.25, 0.3) is 0 Å². The lowest BCUT2D eigenvalue weighted by Crippen LogP contribution is -2.38. The summed E-state index contributed by atoms with van der Waals surface area (Å²) in [6, 6.07) is 15.8. The molecule has 0 radical (unpaired) electrons. The average Bonchev–Trinajstić information content (AvgIpc) is 3.64. The van der Waals surface area contributed by atoms with Gasteiger partial charge in [-0.15, -0.1) is 0 Å². The second kappa shape index (κ2) is 14.3. The normalized spacial score (nSPS) is 14.2. The molecule has 10 nitrogen and oxygen atoms in total. The van der Waals surface area contributed by atoms with Crippen LogP contribution >= 0.6 is 11.6 Å². The summed E-state index contributed by atoms with van der Waals surface area (Å²) in [5.74, 6) is 0.268. The first kappa shape index (κ1) is 31.5. The number of aryl methyl sites for hydroxylation is 2. The van der Waals surface area contributed by atoms with Crippen LogP contribution in [0.1, 0.15) is 49.0 Å². The molecule has 0 bridgehead atoms. The third-order valence-corrected chi connectivity index (χ3v) is 8.45. The third kappa shape index (κ3) is 7.66. The fourth-order valence-electron chi connectivity index (χ4n) is 5.75. The largest absolute Gasteiger partial charge is 0.484 e. The molecule has 3 aromatic heterocycles. The van der Waals surface area contributed by atoms with E-state index in [0.29, 0.717) is 36.1 Å². The number of hydrogen-bond donors (Lipinski definition) is 1. The van der Waals surface area contributed by atoms with E-state index in [1.54, 1.807) is 6.07 Å². The first-order chi connectivity index (χ1) is 22.3. The quantitative estimate of drug-likeness (QED) is 0.163. The van der Waals surface area contributed by atoms with E-state index in [1.165, 1.54) is 12.1 Å². The number of aliphatic carboxylic acids is 1. The zero-order valence-electron chi connectivity index (χ0n) is 25.6. The zero-order valence-corrected chi connectivity index (χ0v) is 26.4. The zero-order chi connectivity index (χ0) is 32.0. The summed E-state index contributed by atoms with van der Waals surface area (Å²) in [4.78, 5) is 27.5. The van der Waals surface area contributed by atoms with Gasteiger partial charge in [0.15, 0.2) is 11.6 Å². The lowest BCUT2D eigenvalue weighted by atomic mass is 10.1. The minimum absolute atomic E-state index is 0.0168. The predicted molar refractivity (Wildman–Crippen MR) is 172 cm³/mol. The Hall–Kier alpha value is -4.48. The number of carboxylic acid groups (broad SMARTS) is 1. The summed E-state index contributed by atoms with van der Waals surface area (Å²) in [5, 5.41) is 9.49. The van der Waals surface area contributed by atoms with Crippen molar-refractivity contribution in [3.63, 3.8) is 0 Å². The molecule has 2 aromatic carbocycles. The standard InChI is InChI=1S/C34H36ClFN6O4/c1-2-41-22-37-18-26(41)19-42-30-16-23(7-11-34(43)44)6-9-29(30)39-32(42)20-40-14-12-27(13-15-40)46-33-5-3-4-25(38-33)21-45-31-10-8-24(35)17-28(31)36/h3-6,8-10,16-18,22,27H,2,7,11-15,19-21H2,1H3,(H,43,44). The number of imidazole rings is 2. The number of nitrogens with zero attached hydrogens (tertiary/aromatic N) is 6. The van der Waals surface area contributed by atoms with Crippen LogP contribution < -0.4 is 9.47 Å². The van der Waals surface area contributed by atoms with Crippen molar-refractivity contribution in [3.8, 4) is 11.6 Å². The Bertz CT molecular complexity index is 1820. The predicted octanol–water partition coefficient (Wildman–Crippen LogP) is 6.13. The Labute approximate surface area is 271 Å². The van der Waals surface area contributed by atoms with E-state index in [1.807, 2.05) is 42.9 Å². The number of carbonyl (C=O) groups is 1. The van der Waals surface area contributed by atoms with E-state index in [9.17, 15) is 14.3 Å². The van der Waals surface area contributed by atoms with E-state index < -0.39 is 11.8 Å². The van der Waals surface area contributed by atoms with Gasteiger partial charge in [-0.3, -0.25) is 9.69 Å². The van der Waals surface area contributed by atoms with E-state index in [-0.39, 0.29) is 24.9 Å². The van der Waals surface area contributed by atoms with Crippen LogP contribution in [0.4, 0.5) is 4.39 Å². The fraction of sp³-hybridized carbons (Fsp3) is 0.353. The molecule has 1 fully saturated rings. The number of rotatable bonds is 13. The Morgan fingerprint density at radius 3 is 2.72 bits per heavy atom. The van der Waals surface area contributed by atoms with Crippen molar-refractivity contribution < 1.29 is 23.8 Å². The second-order valence-electron chi connectivity index (χ2n) is 11.4. The molecule has 0 spiro atoms. The van der Waals surface area contributed by atoms with Crippen molar-refractivity contribution in [2.45, 2.75) is 65.0 Å². The molecule has 1 saturated heterocycles. The molecule has 240 valence electrons. The number of piperidine rings is 1. The summed E-state index contributed by atoms with van der Waals surface area (Å²) in [5.41, 5.74) is 4.59. The van der Waals surface area contributed by atoms with E-state index in [4.69, 9.17) is 26.1 Å². The van der Waals surface area contributed by atoms with Crippen LogP contribution in [0, 0.1) is 5.82 Å². The van der Waals surface area contributed by atoms with E-state index in [2.05, 4.69) is 37.0 Å². The molecule has 1 aliphatic heterocycles. The fourth-order valence-corrected chi connectivity index (χ4v) is 5.91.